The molecule has 2 atom stereocenters. The standard InChI is InChI=1S/C13H17N3S/c1-9-8-10(14)6-7-16(9)13-11-4-2-3-5-12(11)15-17-13/h2-5,9-10H,6-8,14H2,1H3. The van der Waals surface area contributed by atoms with Gasteiger partial charge in [-0.2, -0.15) is 4.37 Å². The molecule has 1 aliphatic rings. The first kappa shape index (κ1) is 11.0. The van der Waals surface area contributed by atoms with Crippen LogP contribution in [0, 0.1) is 0 Å². The van der Waals surface area contributed by atoms with Gasteiger partial charge in [0.1, 0.15) is 5.00 Å². The number of hydrogen-bond donors (Lipinski definition) is 1. The highest BCUT2D eigenvalue weighted by atomic mass is 32.1. The molecule has 0 radical (unpaired) electrons. The maximum Gasteiger partial charge on any atom is 0.120 e. The highest BCUT2D eigenvalue weighted by Gasteiger charge is 2.25. The molecule has 2 N–H and O–H groups in total. The van der Waals surface area contributed by atoms with E-state index in [1.165, 1.54) is 10.4 Å². The van der Waals surface area contributed by atoms with E-state index in [0.717, 1.165) is 24.9 Å². The first-order valence-electron chi connectivity index (χ1n) is 6.12. The van der Waals surface area contributed by atoms with Crippen molar-refractivity contribution >= 4 is 27.4 Å². The molecule has 0 spiro atoms. The quantitative estimate of drug-likeness (QED) is 0.842. The maximum atomic E-state index is 6.01. The molecule has 3 rings (SSSR count). The Bertz CT molecular complexity index is 522. The van der Waals surface area contributed by atoms with Crippen molar-refractivity contribution in [2.45, 2.75) is 31.8 Å². The van der Waals surface area contributed by atoms with Crippen molar-refractivity contribution in [2.75, 3.05) is 11.4 Å². The molecule has 90 valence electrons. The van der Waals surface area contributed by atoms with Gasteiger partial charge in [-0.15, -0.1) is 0 Å². The zero-order valence-corrected chi connectivity index (χ0v) is 10.8. The van der Waals surface area contributed by atoms with Gasteiger partial charge in [0.25, 0.3) is 0 Å². The third-order valence-electron chi connectivity index (χ3n) is 3.54. The first-order valence-corrected chi connectivity index (χ1v) is 6.89. The minimum Gasteiger partial charge on any atom is -0.359 e. The van der Waals surface area contributed by atoms with Crippen LogP contribution in [0.15, 0.2) is 24.3 Å². The van der Waals surface area contributed by atoms with Gasteiger partial charge in [-0.1, -0.05) is 12.1 Å². The smallest absolute Gasteiger partial charge is 0.120 e. The van der Waals surface area contributed by atoms with Gasteiger partial charge in [-0.05, 0) is 43.4 Å². The van der Waals surface area contributed by atoms with Crippen LogP contribution in [-0.2, 0) is 0 Å². The van der Waals surface area contributed by atoms with Gasteiger partial charge in [0.2, 0.25) is 0 Å². The van der Waals surface area contributed by atoms with Crippen LogP contribution >= 0.6 is 11.5 Å². The summed E-state index contributed by atoms with van der Waals surface area (Å²) in [6, 6.07) is 9.25. The minimum absolute atomic E-state index is 0.362. The van der Waals surface area contributed by atoms with Crippen molar-refractivity contribution in [1.82, 2.24) is 4.37 Å². The van der Waals surface area contributed by atoms with E-state index in [0.29, 0.717) is 12.1 Å². The molecule has 1 aromatic carbocycles. The number of piperidine rings is 1. The summed E-state index contributed by atoms with van der Waals surface area (Å²) >= 11 is 1.61. The fourth-order valence-corrected chi connectivity index (χ4v) is 3.58. The Morgan fingerprint density at radius 3 is 3.06 bits per heavy atom. The summed E-state index contributed by atoms with van der Waals surface area (Å²) in [5, 5.41) is 2.58. The highest BCUT2D eigenvalue weighted by Crippen LogP contribution is 2.34. The lowest BCUT2D eigenvalue weighted by Gasteiger charge is -2.37. The lowest BCUT2D eigenvalue weighted by Crippen LogP contribution is -2.45. The van der Waals surface area contributed by atoms with E-state index in [9.17, 15) is 0 Å². The number of nitrogens with zero attached hydrogens (tertiary/aromatic N) is 2. The Labute approximate surface area is 105 Å². The Morgan fingerprint density at radius 1 is 1.41 bits per heavy atom. The molecule has 0 aliphatic carbocycles. The molecule has 1 fully saturated rings. The summed E-state index contributed by atoms with van der Waals surface area (Å²) in [4.78, 5) is 2.46. The molecule has 0 saturated carbocycles. The Balaban J connectivity index is 1.98. The molecule has 2 unspecified atom stereocenters. The second-order valence-corrected chi connectivity index (χ2v) is 5.58. The molecule has 0 bridgehead atoms. The van der Waals surface area contributed by atoms with Gasteiger partial charge in [0, 0.05) is 24.0 Å². The lowest BCUT2D eigenvalue weighted by atomic mass is 9.99. The molecule has 1 aliphatic heterocycles. The summed E-state index contributed by atoms with van der Waals surface area (Å²) in [5.41, 5.74) is 7.12. The van der Waals surface area contributed by atoms with Crippen molar-refractivity contribution < 1.29 is 0 Å². The van der Waals surface area contributed by atoms with Crippen LogP contribution < -0.4 is 10.6 Å². The van der Waals surface area contributed by atoms with Crippen molar-refractivity contribution in [3.8, 4) is 0 Å². The van der Waals surface area contributed by atoms with Crippen molar-refractivity contribution in [3.63, 3.8) is 0 Å². The summed E-state index contributed by atoms with van der Waals surface area (Å²) in [6.45, 7) is 3.31. The number of rotatable bonds is 1. The zero-order valence-electron chi connectivity index (χ0n) is 9.97. The van der Waals surface area contributed by atoms with E-state index in [1.807, 2.05) is 6.07 Å². The van der Waals surface area contributed by atoms with Crippen LogP contribution in [0.5, 0.6) is 0 Å². The van der Waals surface area contributed by atoms with Gasteiger partial charge in [-0.3, -0.25) is 0 Å². The van der Waals surface area contributed by atoms with Gasteiger partial charge in [0.15, 0.2) is 0 Å². The second kappa shape index (κ2) is 4.27. The summed E-state index contributed by atoms with van der Waals surface area (Å²) in [5.74, 6) is 0. The fourth-order valence-electron chi connectivity index (χ4n) is 2.59. The normalized spacial score (nSPS) is 25.4. The lowest BCUT2D eigenvalue weighted by molar-refractivity contribution is 0.432. The fraction of sp³-hybridized carbons (Fsp3) is 0.462. The zero-order chi connectivity index (χ0) is 11.8. The SMILES string of the molecule is CC1CC(N)CCN1c1snc2ccccc12. The highest BCUT2D eigenvalue weighted by molar-refractivity contribution is 7.11. The Kier molecular flexibility index (Phi) is 2.76. The van der Waals surface area contributed by atoms with Crippen LogP contribution in [0.3, 0.4) is 0 Å². The topological polar surface area (TPSA) is 42.1 Å². The second-order valence-electron chi connectivity index (χ2n) is 4.83. The van der Waals surface area contributed by atoms with Crippen molar-refractivity contribution in [1.29, 1.82) is 0 Å². The molecule has 2 heterocycles. The number of nitrogens with two attached hydrogens (primary N) is 1. The summed E-state index contributed by atoms with van der Waals surface area (Å²) < 4.78 is 4.52. The molecule has 4 heteroatoms. The Morgan fingerprint density at radius 2 is 2.24 bits per heavy atom. The monoisotopic (exact) mass is 247 g/mol. The number of aromatic nitrogens is 1. The number of fused-ring (bicyclic) bond motifs is 1. The van der Waals surface area contributed by atoms with Gasteiger partial charge >= 0.3 is 0 Å². The number of anilines is 1. The van der Waals surface area contributed by atoms with E-state index >= 15 is 0 Å². The first-order chi connectivity index (χ1) is 8.25. The van der Waals surface area contributed by atoms with Crippen LogP contribution in [-0.4, -0.2) is 23.0 Å². The number of hydrogen-bond acceptors (Lipinski definition) is 4. The minimum atomic E-state index is 0.362. The molecule has 1 aromatic heterocycles. The van der Waals surface area contributed by atoms with Crippen molar-refractivity contribution in [2.24, 2.45) is 5.73 Å². The molecule has 1 saturated heterocycles. The van der Waals surface area contributed by atoms with Crippen LogP contribution in [0.2, 0.25) is 0 Å². The van der Waals surface area contributed by atoms with Gasteiger partial charge in [0.05, 0.1) is 5.52 Å². The van der Waals surface area contributed by atoms with Crippen LogP contribution in [0.25, 0.3) is 10.9 Å². The van der Waals surface area contributed by atoms with Crippen LogP contribution in [0.1, 0.15) is 19.8 Å². The van der Waals surface area contributed by atoms with E-state index in [-0.39, 0.29) is 0 Å². The van der Waals surface area contributed by atoms with Gasteiger partial charge in [-0.25, -0.2) is 0 Å². The molecule has 17 heavy (non-hydrogen) atoms. The average Bonchev–Trinajstić information content (AvgIpc) is 2.73. The summed E-state index contributed by atoms with van der Waals surface area (Å²) in [7, 11) is 0. The average molecular weight is 247 g/mol. The van der Waals surface area contributed by atoms with Gasteiger partial charge < -0.3 is 10.6 Å². The Hall–Kier alpha value is -1.13. The third kappa shape index (κ3) is 1.91. The molecule has 0 amide bonds. The maximum absolute atomic E-state index is 6.01. The predicted molar refractivity (Wildman–Crippen MR) is 73.6 cm³/mol. The number of benzene rings is 1. The third-order valence-corrected chi connectivity index (χ3v) is 4.46. The molecule has 3 nitrogen and oxygen atoms in total. The summed E-state index contributed by atoms with van der Waals surface area (Å²) in [6.07, 6.45) is 2.16. The molecule has 2 aromatic rings. The molecular formula is C13H17N3S. The van der Waals surface area contributed by atoms with E-state index in [4.69, 9.17) is 5.73 Å². The van der Waals surface area contributed by atoms with E-state index < -0.39 is 0 Å². The van der Waals surface area contributed by atoms with Crippen molar-refractivity contribution in [3.05, 3.63) is 24.3 Å². The van der Waals surface area contributed by atoms with E-state index in [1.54, 1.807) is 11.5 Å². The predicted octanol–water partition coefficient (Wildman–Crippen LogP) is 2.61. The van der Waals surface area contributed by atoms with Crippen LogP contribution in [0.4, 0.5) is 5.00 Å². The largest absolute Gasteiger partial charge is 0.359 e. The molecular weight excluding hydrogens is 230 g/mol. The van der Waals surface area contributed by atoms with E-state index in [2.05, 4.69) is 34.4 Å².